The molecule has 0 unspecified atom stereocenters. The molecule has 2 aromatic carbocycles. The SMILES string of the molecule is [B]c1cc(Br)c(OC(=O)OCC(Cl)(Cl)Cl)c2nc3ccccc3nc12. The van der Waals surface area contributed by atoms with Gasteiger partial charge in [-0.1, -0.05) is 52.4 Å². The molecule has 1 aromatic heterocycles. The fourth-order valence-electron chi connectivity index (χ4n) is 2.09. The van der Waals surface area contributed by atoms with Crippen molar-refractivity contribution < 1.29 is 14.3 Å². The Kier molecular flexibility index (Phi) is 5.30. The van der Waals surface area contributed by atoms with Gasteiger partial charge < -0.3 is 9.47 Å². The first kappa shape index (κ1) is 18.5. The number of halogens is 4. The van der Waals surface area contributed by atoms with Gasteiger partial charge in [0, 0.05) is 0 Å². The van der Waals surface area contributed by atoms with E-state index in [4.69, 9.17) is 52.1 Å². The van der Waals surface area contributed by atoms with Gasteiger partial charge >= 0.3 is 6.16 Å². The molecule has 0 saturated heterocycles. The predicted octanol–water partition coefficient (Wildman–Crippen LogP) is 4.22. The summed E-state index contributed by atoms with van der Waals surface area (Å²) in [5.74, 6) is 0.108. The molecule has 0 aliphatic heterocycles. The second kappa shape index (κ2) is 7.15. The van der Waals surface area contributed by atoms with E-state index in [2.05, 4.69) is 25.9 Å². The molecule has 25 heavy (non-hydrogen) atoms. The highest BCUT2D eigenvalue weighted by atomic mass is 79.9. The molecule has 0 aliphatic rings. The van der Waals surface area contributed by atoms with Gasteiger partial charge in [-0.05, 0) is 34.1 Å². The molecule has 0 saturated carbocycles. The van der Waals surface area contributed by atoms with Gasteiger partial charge in [-0.15, -0.1) is 0 Å². The van der Waals surface area contributed by atoms with E-state index in [1.807, 2.05) is 12.1 Å². The predicted molar refractivity (Wildman–Crippen MR) is 102 cm³/mol. The molecule has 0 aliphatic carbocycles. The van der Waals surface area contributed by atoms with Gasteiger partial charge in [0.1, 0.15) is 20.0 Å². The third-order valence-electron chi connectivity index (χ3n) is 3.10. The van der Waals surface area contributed by atoms with Crippen LogP contribution in [0.2, 0.25) is 0 Å². The van der Waals surface area contributed by atoms with Gasteiger partial charge in [0.15, 0.2) is 5.75 Å². The van der Waals surface area contributed by atoms with Crippen LogP contribution in [0, 0.1) is 0 Å². The Morgan fingerprint density at radius 2 is 1.76 bits per heavy atom. The maximum Gasteiger partial charge on any atom is 0.514 e. The van der Waals surface area contributed by atoms with Crippen LogP contribution in [0.5, 0.6) is 5.75 Å². The Morgan fingerprint density at radius 1 is 1.16 bits per heavy atom. The first-order chi connectivity index (χ1) is 11.7. The number of benzene rings is 2. The summed E-state index contributed by atoms with van der Waals surface area (Å²) in [6.07, 6.45) is -1.05. The number of para-hydroxylation sites is 2. The Morgan fingerprint density at radius 3 is 2.36 bits per heavy atom. The van der Waals surface area contributed by atoms with Crippen molar-refractivity contribution in [2.75, 3.05) is 6.61 Å². The summed E-state index contributed by atoms with van der Waals surface area (Å²) in [5, 5.41) is 0. The molecule has 0 N–H and O–H groups in total. The van der Waals surface area contributed by atoms with E-state index in [0.717, 1.165) is 0 Å². The summed E-state index contributed by atoms with van der Waals surface area (Å²) in [5.41, 5.74) is 2.35. The van der Waals surface area contributed by atoms with Crippen molar-refractivity contribution in [3.05, 3.63) is 34.8 Å². The monoisotopic (exact) mass is 458 g/mol. The highest BCUT2D eigenvalue weighted by Crippen LogP contribution is 2.32. The van der Waals surface area contributed by atoms with Crippen molar-refractivity contribution >= 4 is 92.3 Å². The minimum Gasteiger partial charge on any atom is -0.429 e. The van der Waals surface area contributed by atoms with Crippen LogP contribution in [0.3, 0.4) is 0 Å². The molecule has 2 radical (unpaired) electrons. The molecular formula is C15H7BBrCl3N2O3. The van der Waals surface area contributed by atoms with Crippen LogP contribution in [-0.2, 0) is 4.74 Å². The number of rotatable bonds is 2. The van der Waals surface area contributed by atoms with E-state index in [-0.39, 0.29) is 5.75 Å². The minimum absolute atomic E-state index is 0.108. The summed E-state index contributed by atoms with van der Waals surface area (Å²) in [6.45, 7) is -0.463. The quantitative estimate of drug-likeness (QED) is 0.188. The molecule has 0 bridgehead atoms. The van der Waals surface area contributed by atoms with Gasteiger partial charge in [-0.25, -0.2) is 14.8 Å². The number of hydrogen-bond donors (Lipinski definition) is 0. The molecule has 3 aromatic rings. The fraction of sp³-hybridized carbons (Fsp3) is 0.133. The average Bonchev–Trinajstić information content (AvgIpc) is 2.55. The summed E-state index contributed by atoms with van der Waals surface area (Å²) in [7, 11) is 6.01. The van der Waals surface area contributed by atoms with Crippen molar-refractivity contribution in [2.24, 2.45) is 0 Å². The van der Waals surface area contributed by atoms with E-state index in [0.29, 0.717) is 32.0 Å². The van der Waals surface area contributed by atoms with Crippen LogP contribution < -0.4 is 10.2 Å². The summed E-state index contributed by atoms with van der Waals surface area (Å²) < 4.78 is 8.66. The maximum atomic E-state index is 11.9. The molecule has 5 nitrogen and oxygen atoms in total. The van der Waals surface area contributed by atoms with Crippen molar-refractivity contribution in [3.8, 4) is 5.75 Å². The number of carbonyl (C=O) groups is 1. The molecule has 10 heteroatoms. The number of ether oxygens (including phenoxy) is 2. The van der Waals surface area contributed by atoms with Crippen LogP contribution in [-0.4, -0.2) is 34.4 Å². The Bertz CT molecular complexity index is 982. The first-order valence-electron chi connectivity index (χ1n) is 6.80. The van der Waals surface area contributed by atoms with Gasteiger partial charge in [-0.3, -0.25) is 0 Å². The number of carbonyl (C=O) groups excluding carboxylic acids is 1. The van der Waals surface area contributed by atoms with Crippen molar-refractivity contribution in [3.63, 3.8) is 0 Å². The average molecular weight is 460 g/mol. The lowest BCUT2D eigenvalue weighted by Gasteiger charge is -2.14. The fourth-order valence-corrected chi connectivity index (χ4v) is 2.77. The third kappa shape index (κ3) is 4.29. The second-order valence-electron chi connectivity index (χ2n) is 4.94. The molecular weight excluding hydrogens is 453 g/mol. The third-order valence-corrected chi connectivity index (χ3v) is 4.01. The molecule has 0 fully saturated rings. The van der Waals surface area contributed by atoms with Crippen molar-refractivity contribution in [1.82, 2.24) is 9.97 Å². The smallest absolute Gasteiger partial charge is 0.429 e. The number of nitrogens with zero attached hydrogens (tertiary/aromatic N) is 2. The van der Waals surface area contributed by atoms with E-state index in [1.54, 1.807) is 18.2 Å². The number of hydrogen-bond acceptors (Lipinski definition) is 5. The summed E-state index contributed by atoms with van der Waals surface area (Å²) >= 11 is 19.9. The molecule has 3 rings (SSSR count). The Balaban J connectivity index is 2.04. The largest absolute Gasteiger partial charge is 0.514 e. The van der Waals surface area contributed by atoms with Crippen molar-refractivity contribution in [2.45, 2.75) is 3.79 Å². The lowest BCUT2D eigenvalue weighted by atomic mass is 9.94. The molecule has 1 heterocycles. The van der Waals surface area contributed by atoms with Crippen LogP contribution in [0.15, 0.2) is 34.8 Å². The molecule has 0 atom stereocenters. The molecule has 0 amide bonds. The molecule has 126 valence electrons. The van der Waals surface area contributed by atoms with Crippen LogP contribution in [0.1, 0.15) is 0 Å². The van der Waals surface area contributed by atoms with Gasteiger partial charge in [0.25, 0.3) is 0 Å². The topological polar surface area (TPSA) is 61.3 Å². The Hall–Kier alpha value is -1.28. The number of fused-ring (bicyclic) bond motifs is 2. The summed E-state index contributed by atoms with van der Waals surface area (Å²) in [6, 6.07) is 8.80. The lowest BCUT2D eigenvalue weighted by Crippen LogP contribution is -2.20. The van der Waals surface area contributed by atoms with Gasteiger partial charge in [0.2, 0.25) is 3.79 Å². The van der Waals surface area contributed by atoms with Crippen LogP contribution >= 0.6 is 50.7 Å². The van der Waals surface area contributed by atoms with Crippen LogP contribution in [0.25, 0.3) is 22.1 Å². The zero-order chi connectivity index (χ0) is 18.2. The van der Waals surface area contributed by atoms with E-state index < -0.39 is 16.6 Å². The zero-order valence-electron chi connectivity index (χ0n) is 12.3. The van der Waals surface area contributed by atoms with E-state index >= 15 is 0 Å². The summed E-state index contributed by atoms with van der Waals surface area (Å²) in [4.78, 5) is 20.8. The van der Waals surface area contributed by atoms with E-state index in [1.165, 1.54) is 0 Å². The van der Waals surface area contributed by atoms with Gasteiger partial charge in [-0.2, -0.15) is 0 Å². The number of aromatic nitrogens is 2. The minimum atomic E-state index is -1.74. The normalized spacial score (nSPS) is 11.7. The first-order valence-corrected chi connectivity index (χ1v) is 8.73. The highest BCUT2D eigenvalue weighted by molar-refractivity contribution is 9.10. The Labute approximate surface area is 167 Å². The highest BCUT2D eigenvalue weighted by Gasteiger charge is 2.24. The van der Waals surface area contributed by atoms with E-state index in [9.17, 15) is 4.79 Å². The lowest BCUT2D eigenvalue weighted by molar-refractivity contribution is 0.101. The maximum absolute atomic E-state index is 11.9. The van der Waals surface area contributed by atoms with Gasteiger partial charge in [0.05, 0.1) is 21.0 Å². The second-order valence-corrected chi connectivity index (χ2v) is 8.31. The van der Waals surface area contributed by atoms with Crippen LogP contribution in [0.4, 0.5) is 4.79 Å². The standard InChI is InChI=1S/C15H7BBrCl3N2O3/c16-7-5-8(17)13(25-14(23)24-6-15(18,19)20)12-11(7)21-9-3-1-2-4-10(9)22-12/h1-5H,6H2. The molecule has 0 spiro atoms. The number of alkyl halides is 3. The van der Waals surface area contributed by atoms with Crippen molar-refractivity contribution in [1.29, 1.82) is 0 Å². The zero-order valence-corrected chi connectivity index (χ0v) is 16.2.